The molecule has 0 aliphatic carbocycles. The van der Waals surface area contributed by atoms with Crippen molar-refractivity contribution in [2.75, 3.05) is 0 Å². The molecule has 0 aromatic heterocycles. The monoisotopic (exact) mass is 160 g/mol. The van der Waals surface area contributed by atoms with E-state index in [0.717, 1.165) is 6.42 Å². The van der Waals surface area contributed by atoms with E-state index in [-0.39, 0.29) is 48.3 Å². The van der Waals surface area contributed by atoms with Crippen LogP contribution in [0.1, 0.15) is 13.9 Å². The van der Waals surface area contributed by atoms with Gasteiger partial charge in [0, 0.05) is 0 Å². The van der Waals surface area contributed by atoms with Gasteiger partial charge in [-0.1, -0.05) is 37.3 Å². The van der Waals surface area contributed by atoms with Crippen LogP contribution < -0.4 is 29.6 Å². The number of aryl methyl sites for hydroxylation is 1. The van der Waals surface area contributed by atoms with Crippen molar-refractivity contribution in [1.29, 1.82) is 0 Å². The molecule has 1 rings (SSSR count). The number of benzene rings is 1. The first-order valence-electron chi connectivity index (χ1n) is 2.97. The molecule has 0 atom stereocenters. The van der Waals surface area contributed by atoms with Crippen LogP contribution in [0.25, 0.3) is 0 Å². The van der Waals surface area contributed by atoms with E-state index in [1.165, 1.54) is 5.56 Å². The van der Waals surface area contributed by atoms with Gasteiger partial charge in [-0.05, 0) is 12.0 Å². The van der Waals surface area contributed by atoms with E-state index in [1.807, 2.05) is 6.07 Å². The average Bonchev–Trinajstić information content (AvgIpc) is 1.90. The Morgan fingerprint density at radius 1 is 1.20 bits per heavy atom. The summed E-state index contributed by atoms with van der Waals surface area (Å²) in [7, 11) is 0. The molecule has 0 unspecified atom stereocenters. The normalized spacial score (nSPS) is 7.30. The van der Waals surface area contributed by atoms with Crippen LogP contribution >= 0.6 is 0 Å². The van der Waals surface area contributed by atoms with E-state index in [2.05, 4.69) is 31.2 Å². The van der Waals surface area contributed by atoms with Gasteiger partial charge in [0.05, 0.1) is 0 Å². The third kappa shape index (κ3) is 4.55. The van der Waals surface area contributed by atoms with Gasteiger partial charge in [-0.25, -0.2) is 0 Å². The molecular formula is C8H14AlNa. The van der Waals surface area contributed by atoms with E-state index >= 15 is 0 Å². The summed E-state index contributed by atoms with van der Waals surface area (Å²) in [6.45, 7) is 2.16. The Morgan fingerprint density at radius 2 is 1.70 bits per heavy atom. The van der Waals surface area contributed by atoms with Gasteiger partial charge >= 0.3 is 29.6 Å². The SMILES string of the molecule is CCc1ccccc1.[AlH3].[H-].[Na+]. The van der Waals surface area contributed by atoms with Crippen LogP contribution in [-0.2, 0) is 6.42 Å². The summed E-state index contributed by atoms with van der Waals surface area (Å²) in [5, 5.41) is 0. The van der Waals surface area contributed by atoms with Crippen LogP contribution in [-0.4, -0.2) is 17.4 Å². The average molecular weight is 160 g/mol. The Hall–Kier alpha value is 0.752. The summed E-state index contributed by atoms with van der Waals surface area (Å²) < 4.78 is 0. The van der Waals surface area contributed by atoms with E-state index in [9.17, 15) is 0 Å². The van der Waals surface area contributed by atoms with E-state index in [1.54, 1.807) is 0 Å². The molecular weight excluding hydrogens is 146 g/mol. The first kappa shape index (κ1) is 13.3. The van der Waals surface area contributed by atoms with Crippen LogP contribution in [0.15, 0.2) is 30.3 Å². The summed E-state index contributed by atoms with van der Waals surface area (Å²) in [5.41, 5.74) is 1.41. The molecule has 1 aromatic rings. The predicted octanol–water partition coefficient (Wildman–Crippen LogP) is -1.82. The van der Waals surface area contributed by atoms with Gasteiger partial charge in [0.25, 0.3) is 0 Å². The summed E-state index contributed by atoms with van der Waals surface area (Å²) in [5.74, 6) is 0. The molecule has 0 nitrogen and oxygen atoms in total. The molecule has 0 aliphatic rings. The van der Waals surface area contributed by atoms with Gasteiger partial charge in [-0.15, -0.1) is 0 Å². The maximum absolute atomic E-state index is 2.16. The summed E-state index contributed by atoms with van der Waals surface area (Å²) in [4.78, 5) is 0. The molecule has 0 spiro atoms. The Kier molecular flexibility index (Phi) is 10.5. The third-order valence-electron chi connectivity index (χ3n) is 1.25. The quantitative estimate of drug-likeness (QED) is 0.424. The van der Waals surface area contributed by atoms with Crippen molar-refractivity contribution in [3.8, 4) is 0 Å². The molecule has 50 valence electrons. The van der Waals surface area contributed by atoms with Crippen molar-refractivity contribution in [2.45, 2.75) is 13.3 Å². The van der Waals surface area contributed by atoms with Crippen LogP contribution in [0, 0.1) is 0 Å². The second-order valence-electron chi connectivity index (χ2n) is 1.84. The number of rotatable bonds is 1. The maximum atomic E-state index is 2.16. The predicted molar refractivity (Wildman–Crippen MR) is 46.9 cm³/mol. The standard InChI is InChI=1S/C8H10.Al.Na.4H/c1-2-8-6-4-3-5-7-8;;;;;;/h3-7H,2H2,1H3;;;;;;/q;;+1;;;;-1. The zero-order valence-electron chi connectivity index (χ0n) is 7.09. The summed E-state index contributed by atoms with van der Waals surface area (Å²) in [6, 6.07) is 10.5. The van der Waals surface area contributed by atoms with E-state index in [4.69, 9.17) is 0 Å². The zero-order valence-corrected chi connectivity index (χ0v) is 8.09. The minimum atomic E-state index is 0. The van der Waals surface area contributed by atoms with Crippen LogP contribution in [0.4, 0.5) is 0 Å². The molecule has 2 heteroatoms. The molecule has 0 fully saturated rings. The Morgan fingerprint density at radius 3 is 2.00 bits per heavy atom. The van der Waals surface area contributed by atoms with Crippen molar-refractivity contribution < 1.29 is 31.0 Å². The van der Waals surface area contributed by atoms with Crippen LogP contribution in [0.2, 0.25) is 0 Å². The Labute approximate surface area is 96.9 Å². The third-order valence-corrected chi connectivity index (χ3v) is 1.25. The fourth-order valence-electron chi connectivity index (χ4n) is 0.714. The Bertz CT molecular complexity index is 155. The maximum Gasteiger partial charge on any atom is 1.00 e. The van der Waals surface area contributed by atoms with Gasteiger partial charge in [0.1, 0.15) is 0 Å². The van der Waals surface area contributed by atoms with Gasteiger partial charge in [-0.2, -0.15) is 0 Å². The minimum absolute atomic E-state index is 0. The molecule has 0 radical (unpaired) electrons. The van der Waals surface area contributed by atoms with Gasteiger partial charge in [-0.3, -0.25) is 0 Å². The van der Waals surface area contributed by atoms with Crippen molar-refractivity contribution >= 4 is 17.4 Å². The molecule has 1 aromatic carbocycles. The van der Waals surface area contributed by atoms with E-state index in [0.29, 0.717) is 0 Å². The molecule has 0 amide bonds. The smallest absolute Gasteiger partial charge is 1.00 e. The minimum Gasteiger partial charge on any atom is -1.00 e. The van der Waals surface area contributed by atoms with Crippen molar-refractivity contribution in [3.63, 3.8) is 0 Å². The topological polar surface area (TPSA) is 0 Å². The fraction of sp³-hybridized carbons (Fsp3) is 0.250. The zero-order chi connectivity index (χ0) is 5.82. The molecule has 0 aliphatic heterocycles. The Balaban J connectivity index is -0.000000213. The molecule has 0 heterocycles. The van der Waals surface area contributed by atoms with Gasteiger partial charge < -0.3 is 1.43 Å². The molecule has 0 N–H and O–H groups in total. The van der Waals surface area contributed by atoms with Gasteiger partial charge in [0.15, 0.2) is 17.4 Å². The second kappa shape index (κ2) is 7.86. The summed E-state index contributed by atoms with van der Waals surface area (Å²) >= 11 is 0. The number of hydrogen-bond donors (Lipinski definition) is 0. The molecule has 0 saturated carbocycles. The van der Waals surface area contributed by atoms with Crippen molar-refractivity contribution in [3.05, 3.63) is 35.9 Å². The van der Waals surface area contributed by atoms with Crippen LogP contribution in [0.5, 0.6) is 0 Å². The second-order valence-corrected chi connectivity index (χ2v) is 1.84. The van der Waals surface area contributed by atoms with E-state index < -0.39 is 0 Å². The molecule has 0 saturated heterocycles. The number of hydrogen-bond acceptors (Lipinski definition) is 0. The fourth-order valence-corrected chi connectivity index (χ4v) is 0.714. The first-order chi connectivity index (χ1) is 3.93. The van der Waals surface area contributed by atoms with Crippen molar-refractivity contribution in [1.82, 2.24) is 0 Å². The van der Waals surface area contributed by atoms with Crippen molar-refractivity contribution in [2.24, 2.45) is 0 Å². The summed E-state index contributed by atoms with van der Waals surface area (Å²) in [6.07, 6.45) is 1.14. The van der Waals surface area contributed by atoms with Crippen LogP contribution in [0.3, 0.4) is 0 Å². The largest absolute Gasteiger partial charge is 1.00 e. The molecule has 0 bridgehead atoms. The van der Waals surface area contributed by atoms with Gasteiger partial charge in [0.2, 0.25) is 0 Å². The molecule has 10 heavy (non-hydrogen) atoms. The first-order valence-corrected chi connectivity index (χ1v) is 2.97.